The van der Waals surface area contributed by atoms with Crippen molar-refractivity contribution in [3.05, 3.63) is 35.5 Å². The predicted octanol–water partition coefficient (Wildman–Crippen LogP) is 2.03. The fraction of sp³-hybridized carbons (Fsp3) is 0.385. The van der Waals surface area contributed by atoms with Gasteiger partial charge in [-0.25, -0.2) is 9.97 Å². The second kappa shape index (κ2) is 4.79. The minimum absolute atomic E-state index is 0.104. The van der Waals surface area contributed by atoms with Gasteiger partial charge in [0.25, 0.3) is 0 Å². The first-order valence-electron chi connectivity index (χ1n) is 6.43. The van der Waals surface area contributed by atoms with Crippen molar-refractivity contribution in [2.24, 2.45) is 5.73 Å². The van der Waals surface area contributed by atoms with E-state index >= 15 is 0 Å². The Bertz CT molecular complexity index is 691. The predicted molar refractivity (Wildman–Crippen MR) is 76.9 cm³/mol. The topological polar surface area (TPSA) is 61.1 Å². The summed E-state index contributed by atoms with van der Waals surface area (Å²) in [5.41, 5.74) is 7.13. The van der Waals surface area contributed by atoms with Gasteiger partial charge in [-0.05, 0) is 6.92 Å². The molecule has 0 bridgehead atoms. The highest BCUT2D eigenvalue weighted by atomic mass is 32.1. The largest absolute Gasteiger partial charge is 0.328 e. The molecule has 0 aliphatic heterocycles. The standard InChI is InChI=1S/C13H17N5S/c1-3-11-15-4-5-18(11)12-10(8-9(2)14)17-6-7-19-13(17)16-12/h4-7,9H,3,8,14H2,1-2H3. The number of aromatic nitrogens is 4. The summed E-state index contributed by atoms with van der Waals surface area (Å²) in [4.78, 5) is 10.1. The van der Waals surface area contributed by atoms with Gasteiger partial charge in [0, 0.05) is 42.9 Å². The highest BCUT2D eigenvalue weighted by molar-refractivity contribution is 7.15. The average molecular weight is 275 g/mol. The Labute approximate surface area is 115 Å². The molecule has 0 spiro atoms. The molecule has 0 aliphatic carbocycles. The number of nitrogens with two attached hydrogens (primary N) is 1. The van der Waals surface area contributed by atoms with Crippen LogP contribution < -0.4 is 5.73 Å². The fourth-order valence-corrected chi connectivity index (χ4v) is 3.03. The number of thiazole rings is 1. The van der Waals surface area contributed by atoms with Crippen molar-refractivity contribution in [2.75, 3.05) is 0 Å². The van der Waals surface area contributed by atoms with E-state index in [9.17, 15) is 0 Å². The van der Waals surface area contributed by atoms with Crippen LogP contribution in [0.25, 0.3) is 10.8 Å². The van der Waals surface area contributed by atoms with Crippen LogP contribution in [-0.4, -0.2) is 25.0 Å². The number of rotatable bonds is 4. The summed E-state index contributed by atoms with van der Waals surface area (Å²) < 4.78 is 4.19. The lowest BCUT2D eigenvalue weighted by molar-refractivity contribution is 0.709. The molecule has 1 unspecified atom stereocenters. The number of fused-ring (bicyclic) bond motifs is 1. The molecule has 0 aliphatic rings. The molecule has 3 aromatic rings. The van der Waals surface area contributed by atoms with Gasteiger partial charge in [0.1, 0.15) is 5.82 Å². The van der Waals surface area contributed by atoms with Crippen molar-refractivity contribution < 1.29 is 0 Å². The molecule has 5 nitrogen and oxygen atoms in total. The summed E-state index contributed by atoms with van der Waals surface area (Å²) in [5, 5.41) is 2.05. The van der Waals surface area contributed by atoms with Gasteiger partial charge in [-0.3, -0.25) is 8.97 Å². The molecule has 2 N–H and O–H groups in total. The number of aryl methyl sites for hydroxylation is 1. The fourth-order valence-electron chi connectivity index (χ4n) is 2.30. The van der Waals surface area contributed by atoms with Crippen LogP contribution in [0.2, 0.25) is 0 Å². The molecule has 1 atom stereocenters. The Morgan fingerprint density at radius 1 is 1.42 bits per heavy atom. The molecule has 100 valence electrons. The molecule has 0 fully saturated rings. The zero-order valence-electron chi connectivity index (χ0n) is 11.1. The summed E-state index contributed by atoms with van der Waals surface area (Å²) in [7, 11) is 0. The van der Waals surface area contributed by atoms with Gasteiger partial charge in [-0.1, -0.05) is 6.92 Å². The Hall–Kier alpha value is -1.66. The SMILES string of the molecule is CCc1nccn1-c1nc2sccn2c1CC(C)N. The van der Waals surface area contributed by atoms with Crippen molar-refractivity contribution in [2.45, 2.75) is 32.7 Å². The van der Waals surface area contributed by atoms with Crippen molar-refractivity contribution in [3.8, 4) is 5.82 Å². The molecule has 3 aromatic heterocycles. The normalized spacial score (nSPS) is 13.2. The molecular weight excluding hydrogens is 258 g/mol. The second-order valence-corrected chi connectivity index (χ2v) is 5.56. The Morgan fingerprint density at radius 3 is 3.00 bits per heavy atom. The minimum Gasteiger partial charge on any atom is -0.328 e. The zero-order chi connectivity index (χ0) is 13.4. The maximum Gasteiger partial charge on any atom is 0.195 e. The number of nitrogens with zero attached hydrogens (tertiary/aromatic N) is 4. The van der Waals surface area contributed by atoms with E-state index in [0.29, 0.717) is 0 Å². The maximum atomic E-state index is 5.97. The monoisotopic (exact) mass is 275 g/mol. The highest BCUT2D eigenvalue weighted by Gasteiger charge is 2.17. The summed E-state index contributed by atoms with van der Waals surface area (Å²) in [6.45, 7) is 4.12. The molecule has 0 radical (unpaired) electrons. The van der Waals surface area contributed by atoms with E-state index < -0.39 is 0 Å². The summed E-state index contributed by atoms with van der Waals surface area (Å²) in [5.74, 6) is 1.98. The second-order valence-electron chi connectivity index (χ2n) is 4.69. The van der Waals surface area contributed by atoms with Crippen LogP contribution in [0.5, 0.6) is 0 Å². The van der Waals surface area contributed by atoms with Crippen LogP contribution in [-0.2, 0) is 12.8 Å². The van der Waals surface area contributed by atoms with Gasteiger partial charge < -0.3 is 5.73 Å². The molecule has 0 saturated heterocycles. The molecule has 0 aromatic carbocycles. The maximum absolute atomic E-state index is 5.97. The third kappa shape index (κ3) is 2.06. The van der Waals surface area contributed by atoms with E-state index in [4.69, 9.17) is 10.7 Å². The van der Waals surface area contributed by atoms with E-state index in [2.05, 4.69) is 27.1 Å². The Morgan fingerprint density at radius 2 is 2.26 bits per heavy atom. The summed E-state index contributed by atoms with van der Waals surface area (Å²) in [6, 6.07) is 0.104. The summed E-state index contributed by atoms with van der Waals surface area (Å²) in [6.07, 6.45) is 7.53. The van der Waals surface area contributed by atoms with Crippen molar-refractivity contribution >= 4 is 16.3 Å². The number of hydrogen-bond donors (Lipinski definition) is 1. The van der Waals surface area contributed by atoms with Crippen LogP contribution in [0.3, 0.4) is 0 Å². The minimum atomic E-state index is 0.104. The van der Waals surface area contributed by atoms with Gasteiger partial charge >= 0.3 is 0 Å². The van der Waals surface area contributed by atoms with Gasteiger partial charge in [0.15, 0.2) is 10.8 Å². The van der Waals surface area contributed by atoms with Gasteiger partial charge in [0.05, 0.1) is 5.69 Å². The van der Waals surface area contributed by atoms with E-state index in [1.54, 1.807) is 11.3 Å². The third-order valence-corrected chi connectivity index (χ3v) is 3.87. The van der Waals surface area contributed by atoms with Crippen LogP contribution in [0.1, 0.15) is 25.4 Å². The number of imidazole rings is 2. The van der Waals surface area contributed by atoms with E-state index in [-0.39, 0.29) is 6.04 Å². The van der Waals surface area contributed by atoms with Crippen LogP contribution in [0, 0.1) is 0 Å². The third-order valence-electron chi connectivity index (χ3n) is 3.12. The van der Waals surface area contributed by atoms with Crippen LogP contribution in [0.4, 0.5) is 0 Å². The molecule has 19 heavy (non-hydrogen) atoms. The lowest BCUT2D eigenvalue weighted by atomic mass is 10.2. The lowest BCUT2D eigenvalue weighted by Crippen LogP contribution is -2.20. The highest BCUT2D eigenvalue weighted by Crippen LogP contribution is 2.22. The van der Waals surface area contributed by atoms with Crippen molar-refractivity contribution in [1.29, 1.82) is 0 Å². The van der Waals surface area contributed by atoms with E-state index in [0.717, 1.165) is 35.1 Å². The molecular formula is C13H17N5S. The van der Waals surface area contributed by atoms with Crippen LogP contribution >= 0.6 is 11.3 Å². The smallest absolute Gasteiger partial charge is 0.195 e. The van der Waals surface area contributed by atoms with E-state index in [1.165, 1.54) is 0 Å². The molecule has 3 heterocycles. The Kier molecular flexibility index (Phi) is 3.12. The summed E-state index contributed by atoms with van der Waals surface area (Å²) >= 11 is 1.64. The lowest BCUT2D eigenvalue weighted by Gasteiger charge is -2.09. The average Bonchev–Trinajstić information content (AvgIpc) is 3.04. The molecule has 0 amide bonds. The van der Waals surface area contributed by atoms with Crippen LogP contribution in [0.15, 0.2) is 24.0 Å². The molecule has 6 heteroatoms. The first-order chi connectivity index (χ1) is 9.20. The molecule has 0 saturated carbocycles. The quantitative estimate of drug-likeness (QED) is 0.792. The van der Waals surface area contributed by atoms with Crippen molar-refractivity contribution in [1.82, 2.24) is 18.9 Å². The van der Waals surface area contributed by atoms with Gasteiger partial charge in [0.2, 0.25) is 0 Å². The van der Waals surface area contributed by atoms with Gasteiger partial charge in [-0.2, -0.15) is 0 Å². The molecule has 3 rings (SSSR count). The van der Waals surface area contributed by atoms with Gasteiger partial charge in [-0.15, -0.1) is 11.3 Å². The van der Waals surface area contributed by atoms with Crippen molar-refractivity contribution in [3.63, 3.8) is 0 Å². The first-order valence-corrected chi connectivity index (χ1v) is 7.31. The zero-order valence-corrected chi connectivity index (χ0v) is 11.9. The Balaban J connectivity index is 2.19. The van der Waals surface area contributed by atoms with E-state index in [1.807, 2.05) is 24.7 Å². The number of hydrogen-bond acceptors (Lipinski definition) is 4. The first kappa shape index (κ1) is 12.4.